The third kappa shape index (κ3) is 1.03. The van der Waals surface area contributed by atoms with Gasteiger partial charge in [0.05, 0.1) is 12.7 Å². The molecule has 0 N–H and O–H groups in total. The van der Waals surface area contributed by atoms with Gasteiger partial charge in [0.1, 0.15) is 0 Å². The highest BCUT2D eigenvalue weighted by molar-refractivity contribution is 7.03. The van der Waals surface area contributed by atoms with Gasteiger partial charge in [-0.2, -0.15) is 4.37 Å². The predicted molar refractivity (Wildman–Crippen MR) is 36.6 cm³/mol. The highest BCUT2D eigenvalue weighted by atomic mass is 32.1. The minimum absolute atomic E-state index is 0.544. The summed E-state index contributed by atoms with van der Waals surface area (Å²) in [6.45, 7) is 0. The number of ether oxygens (including phenoxy) is 1. The highest BCUT2D eigenvalue weighted by Gasteiger charge is 1.99. The fourth-order valence-electron chi connectivity index (χ4n) is 0.469. The van der Waals surface area contributed by atoms with Gasteiger partial charge in [-0.05, 0) is 11.5 Å². The predicted octanol–water partition coefficient (Wildman–Crippen LogP) is 1.13. The van der Waals surface area contributed by atoms with Crippen LogP contribution in [-0.4, -0.2) is 11.5 Å². The van der Waals surface area contributed by atoms with Crippen LogP contribution in [-0.2, 0) is 0 Å². The molecule has 0 radical (unpaired) electrons. The molecule has 0 amide bonds. The van der Waals surface area contributed by atoms with E-state index >= 15 is 0 Å². The summed E-state index contributed by atoms with van der Waals surface area (Å²) in [7, 11) is 1.55. The number of aromatic nitrogens is 1. The average molecular weight is 139 g/mol. The van der Waals surface area contributed by atoms with Crippen LogP contribution in [0.1, 0.15) is 5.56 Å². The molecule has 0 atom stereocenters. The lowest BCUT2D eigenvalue weighted by Crippen LogP contribution is -1.83. The first-order chi connectivity index (χ1) is 4.38. The van der Waals surface area contributed by atoms with Crippen molar-refractivity contribution in [2.45, 2.75) is 0 Å². The molecule has 46 valence electrons. The summed E-state index contributed by atoms with van der Waals surface area (Å²) in [5.74, 6) is 2.99. The highest BCUT2D eigenvalue weighted by Crippen LogP contribution is 2.15. The standard InChI is InChI=1S/C6H5NOS/c1-3-5-4-9-7-6(5)8-2/h1,4H,2H3. The van der Waals surface area contributed by atoms with Gasteiger partial charge in [0, 0.05) is 5.38 Å². The van der Waals surface area contributed by atoms with Crippen LogP contribution in [0.4, 0.5) is 0 Å². The Kier molecular flexibility index (Phi) is 1.71. The van der Waals surface area contributed by atoms with Gasteiger partial charge in [-0.15, -0.1) is 6.42 Å². The third-order valence-corrected chi connectivity index (χ3v) is 1.50. The van der Waals surface area contributed by atoms with E-state index in [-0.39, 0.29) is 0 Å². The molecule has 1 aromatic rings. The maximum atomic E-state index is 5.11. The van der Waals surface area contributed by atoms with Gasteiger partial charge >= 0.3 is 0 Å². The minimum Gasteiger partial charge on any atom is -0.479 e. The van der Waals surface area contributed by atoms with Crippen LogP contribution in [0.15, 0.2) is 5.38 Å². The molecule has 0 aliphatic carbocycles. The number of methoxy groups -OCH3 is 1. The van der Waals surface area contributed by atoms with Crippen LogP contribution in [0, 0.1) is 12.3 Å². The summed E-state index contributed by atoms with van der Waals surface area (Å²) in [5, 5.41) is 1.78. The van der Waals surface area contributed by atoms with Crippen molar-refractivity contribution in [3.63, 3.8) is 0 Å². The lowest BCUT2D eigenvalue weighted by atomic mass is 10.4. The Balaban J connectivity index is 3.02. The molecule has 9 heavy (non-hydrogen) atoms. The molecule has 1 rings (SSSR count). The molecular weight excluding hydrogens is 134 g/mol. The summed E-state index contributed by atoms with van der Waals surface area (Å²) < 4.78 is 8.72. The molecule has 0 saturated heterocycles. The molecule has 0 bridgehead atoms. The molecule has 0 fully saturated rings. The molecular formula is C6H5NOS. The quantitative estimate of drug-likeness (QED) is 0.544. The second-order valence-electron chi connectivity index (χ2n) is 1.38. The Bertz CT molecular complexity index is 235. The summed E-state index contributed by atoms with van der Waals surface area (Å²) in [6.07, 6.45) is 5.11. The number of nitrogens with zero attached hydrogens (tertiary/aromatic N) is 1. The Labute approximate surface area is 57.6 Å². The van der Waals surface area contributed by atoms with Crippen molar-refractivity contribution in [2.75, 3.05) is 7.11 Å². The molecule has 1 heterocycles. The molecule has 0 spiro atoms. The van der Waals surface area contributed by atoms with Crippen LogP contribution in [0.25, 0.3) is 0 Å². The normalized spacial score (nSPS) is 8.44. The van der Waals surface area contributed by atoms with Crippen molar-refractivity contribution in [1.29, 1.82) is 0 Å². The monoisotopic (exact) mass is 139 g/mol. The maximum absolute atomic E-state index is 5.11. The van der Waals surface area contributed by atoms with E-state index < -0.39 is 0 Å². The number of terminal acetylenes is 1. The van der Waals surface area contributed by atoms with E-state index in [0.29, 0.717) is 5.88 Å². The second-order valence-corrected chi connectivity index (χ2v) is 2.01. The van der Waals surface area contributed by atoms with Gasteiger partial charge in [-0.3, -0.25) is 0 Å². The largest absolute Gasteiger partial charge is 0.479 e. The fourth-order valence-corrected chi connectivity index (χ4v) is 1.07. The van der Waals surface area contributed by atoms with Crippen LogP contribution < -0.4 is 4.74 Å². The number of hydrogen-bond acceptors (Lipinski definition) is 3. The van der Waals surface area contributed by atoms with Gasteiger partial charge in [0.25, 0.3) is 0 Å². The lowest BCUT2D eigenvalue weighted by molar-refractivity contribution is 0.401. The van der Waals surface area contributed by atoms with E-state index in [2.05, 4.69) is 10.3 Å². The average Bonchev–Trinajstić information content (AvgIpc) is 2.33. The summed E-state index contributed by atoms with van der Waals surface area (Å²) in [4.78, 5) is 0. The van der Waals surface area contributed by atoms with Crippen molar-refractivity contribution < 1.29 is 4.74 Å². The lowest BCUT2D eigenvalue weighted by Gasteiger charge is -1.89. The van der Waals surface area contributed by atoms with Gasteiger partial charge in [-0.1, -0.05) is 5.92 Å². The van der Waals surface area contributed by atoms with Crippen molar-refractivity contribution in [1.82, 2.24) is 4.37 Å². The Hall–Kier alpha value is -1.01. The van der Waals surface area contributed by atoms with Crippen LogP contribution in [0.3, 0.4) is 0 Å². The van der Waals surface area contributed by atoms with Gasteiger partial charge in [-0.25, -0.2) is 0 Å². The van der Waals surface area contributed by atoms with Crippen molar-refractivity contribution in [3.8, 4) is 18.2 Å². The van der Waals surface area contributed by atoms with E-state index in [1.165, 1.54) is 11.5 Å². The van der Waals surface area contributed by atoms with Crippen molar-refractivity contribution in [3.05, 3.63) is 10.9 Å². The third-order valence-electron chi connectivity index (χ3n) is 0.885. The van der Waals surface area contributed by atoms with E-state index in [4.69, 9.17) is 11.2 Å². The molecule has 0 aliphatic heterocycles. The molecule has 0 aliphatic rings. The van der Waals surface area contributed by atoms with Crippen LogP contribution in [0.2, 0.25) is 0 Å². The van der Waals surface area contributed by atoms with Crippen LogP contribution >= 0.6 is 11.5 Å². The zero-order valence-corrected chi connectivity index (χ0v) is 5.73. The topological polar surface area (TPSA) is 22.1 Å². The zero-order valence-electron chi connectivity index (χ0n) is 4.92. The molecule has 0 aromatic carbocycles. The second kappa shape index (κ2) is 2.51. The number of rotatable bonds is 1. The van der Waals surface area contributed by atoms with Crippen molar-refractivity contribution >= 4 is 11.5 Å². The summed E-state index contributed by atoms with van der Waals surface area (Å²) in [6, 6.07) is 0. The van der Waals surface area contributed by atoms with E-state index in [0.717, 1.165) is 5.56 Å². The minimum atomic E-state index is 0.544. The maximum Gasteiger partial charge on any atom is 0.240 e. The van der Waals surface area contributed by atoms with Crippen molar-refractivity contribution in [2.24, 2.45) is 0 Å². The fraction of sp³-hybridized carbons (Fsp3) is 0.167. The Morgan fingerprint density at radius 3 is 3.11 bits per heavy atom. The van der Waals surface area contributed by atoms with E-state index in [1.807, 2.05) is 0 Å². The molecule has 0 saturated carbocycles. The molecule has 2 nitrogen and oxygen atoms in total. The van der Waals surface area contributed by atoms with Gasteiger partial charge in [0.2, 0.25) is 5.88 Å². The molecule has 1 aromatic heterocycles. The SMILES string of the molecule is C#Cc1csnc1OC. The van der Waals surface area contributed by atoms with Gasteiger partial charge < -0.3 is 4.74 Å². The van der Waals surface area contributed by atoms with E-state index in [9.17, 15) is 0 Å². The number of hydrogen-bond donors (Lipinski definition) is 0. The Morgan fingerprint density at radius 2 is 2.67 bits per heavy atom. The Morgan fingerprint density at radius 1 is 1.89 bits per heavy atom. The first-order valence-corrected chi connectivity index (χ1v) is 3.17. The first kappa shape index (κ1) is 6.12. The molecule has 3 heteroatoms. The smallest absolute Gasteiger partial charge is 0.240 e. The first-order valence-electron chi connectivity index (χ1n) is 2.33. The molecule has 0 unspecified atom stereocenters. The van der Waals surface area contributed by atoms with E-state index in [1.54, 1.807) is 12.5 Å². The van der Waals surface area contributed by atoms with Gasteiger partial charge in [0.15, 0.2) is 0 Å². The summed E-state index contributed by atoms with van der Waals surface area (Å²) in [5.41, 5.74) is 0.725. The zero-order chi connectivity index (χ0) is 6.69. The van der Waals surface area contributed by atoms with Crippen LogP contribution in [0.5, 0.6) is 5.88 Å². The summed E-state index contributed by atoms with van der Waals surface area (Å²) >= 11 is 1.30.